The first-order valence-electron chi connectivity index (χ1n) is 14.0. The zero-order valence-electron chi connectivity index (χ0n) is 23.1. The van der Waals surface area contributed by atoms with Gasteiger partial charge in [-0.25, -0.2) is 14.2 Å². The first-order valence-corrected chi connectivity index (χ1v) is 14.4. The van der Waals surface area contributed by atoms with Crippen LogP contribution >= 0.6 is 11.6 Å². The van der Waals surface area contributed by atoms with E-state index in [1.165, 1.54) is 6.07 Å². The number of fused-ring (bicyclic) bond motifs is 2. The molecule has 0 spiro atoms. The summed E-state index contributed by atoms with van der Waals surface area (Å²) in [6, 6.07) is 11.8. The molecule has 4 aromatic rings. The van der Waals surface area contributed by atoms with Gasteiger partial charge >= 0.3 is 5.97 Å². The van der Waals surface area contributed by atoms with Crippen LogP contribution in [0.25, 0.3) is 11.0 Å². The van der Waals surface area contributed by atoms with Crippen molar-refractivity contribution in [3.8, 4) is 11.6 Å². The minimum absolute atomic E-state index is 0.0262. The predicted molar refractivity (Wildman–Crippen MR) is 156 cm³/mol. The molecule has 0 saturated carbocycles. The number of anilines is 1. The number of carboxylic acids is 1. The number of rotatable bonds is 9. The van der Waals surface area contributed by atoms with E-state index in [4.69, 9.17) is 25.8 Å². The maximum Gasteiger partial charge on any atom is 0.335 e. The normalized spacial score (nSPS) is 17.6. The Bertz CT molecular complexity index is 1740. The van der Waals surface area contributed by atoms with Crippen molar-refractivity contribution in [2.75, 3.05) is 31.2 Å². The number of hydrazone groups is 1. The van der Waals surface area contributed by atoms with Crippen molar-refractivity contribution >= 4 is 40.8 Å². The van der Waals surface area contributed by atoms with Crippen molar-refractivity contribution in [3.05, 3.63) is 75.8 Å². The molecule has 3 aliphatic rings. The summed E-state index contributed by atoms with van der Waals surface area (Å²) in [7, 11) is 0. The van der Waals surface area contributed by atoms with Gasteiger partial charge in [0, 0.05) is 41.8 Å². The number of imidazole rings is 1. The minimum Gasteiger partial charge on any atom is -0.492 e. The third-order valence-corrected chi connectivity index (χ3v) is 8.21. The fraction of sp³-hybridized carbons (Fsp3) is 0.333. The molecular weight excluding hydrogens is 579 g/mol. The van der Waals surface area contributed by atoms with Crippen LogP contribution < -0.4 is 14.4 Å². The van der Waals surface area contributed by atoms with E-state index in [1.807, 2.05) is 38.7 Å². The van der Waals surface area contributed by atoms with Gasteiger partial charge in [0.2, 0.25) is 5.88 Å². The molecule has 0 amide bonds. The molecule has 0 bridgehead atoms. The van der Waals surface area contributed by atoms with E-state index in [0.29, 0.717) is 74.1 Å². The van der Waals surface area contributed by atoms with Crippen LogP contribution in [-0.2, 0) is 30.9 Å². The lowest BCUT2D eigenvalue weighted by Gasteiger charge is -2.30. The van der Waals surface area contributed by atoms with Crippen molar-refractivity contribution in [1.82, 2.24) is 19.5 Å². The van der Waals surface area contributed by atoms with Crippen LogP contribution in [0.5, 0.6) is 11.6 Å². The summed E-state index contributed by atoms with van der Waals surface area (Å²) in [5, 5.41) is 16.6. The second-order valence-electron chi connectivity index (χ2n) is 10.6. The number of hydrogen-bond acceptors (Lipinski definition) is 9. The number of ether oxygens (including phenoxy) is 3. The standard InChI is InChI=1S/C30H28ClFN6O5/c31-22-5-4-18(29-21(22)7-11-42-29)16-43-27-3-1-2-25(34-27)36-8-9-37(33-17-36)15-26-35-28-23(32)12-19(30(39)40)13-24(28)38(26)14-20-6-10-41-20/h1-5,12-13,17,20H,6-11,14-16H2,(H,39,40). The van der Waals surface area contributed by atoms with Crippen molar-refractivity contribution in [2.24, 2.45) is 5.10 Å². The summed E-state index contributed by atoms with van der Waals surface area (Å²) in [5.74, 6) is 0.690. The number of hydrogen-bond donors (Lipinski definition) is 1. The van der Waals surface area contributed by atoms with Gasteiger partial charge in [0.15, 0.2) is 5.82 Å². The molecule has 0 radical (unpaired) electrons. The highest BCUT2D eigenvalue weighted by molar-refractivity contribution is 6.31. The van der Waals surface area contributed by atoms with Gasteiger partial charge in [-0.15, -0.1) is 0 Å². The van der Waals surface area contributed by atoms with E-state index in [-0.39, 0.29) is 17.2 Å². The van der Waals surface area contributed by atoms with Gasteiger partial charge in [0.05, 0.1) is 43.4 Å². The van der Waals surface area contributed by atoms with E-state index in [2.05, 4.69) is 15.1 Å². The Labute approximate surface area is 251 Å². The number of pyridine rings is 1. The molecule has 2 aromatic carbocycles. The Kier molecular flexibility index (Phi) is 7.23. The first kappa shape index (κ1) is 27.4. The van der Waals surface area contributed by atoms with Crippen LogP contribution in [-0.4, -0.2) is 69.4 Å². The number of aromatic nitrogens is 3. The first-order chi connectivity index (χ1) is 20.9. The van der Waals surface area contributed by atoms with Crippen molar-refractivity contribution in [2.45, 2.75) is 38.6 Å². The van der Waals surface area contributed by atoms with E-state index in [0.717, 1.165) is 35.8 Å². The highest BCUT2D eigenvalue weighted by atomic mass is 35.5. The van der Waals surface area contributed by atoms with Crippen LogP contribution in [0.1, 0.15) is 33.7 Å². The highest BCUT2D eigenvalue weighted by Gasteiger charge is 2.26. The van der Waals surface area contributed by atoms with Crippen molar-refractivity contribution in [3.63, 3.8) is 0 Å². The van der Waals surface area contributed by atoms with Gasteiger partial charge in [-0.05, 0) is 30.7 Å². The molecule has 5 heterocycles. The molecule has 3 aliphatic heterocycles. The number of carboxylic acid groups (broad SMARTS) is 1. The Balaban J connectivity index is 1.06. The average molecular weight is 607 g/mol. The molecule has 1 fully saturated rings. The maximum atomic E-state index is 14.9. The average Bonchev–Trinajstić information content (AvgIpc) is 3.61. The minimum atomic E-state index is -1.19. The number of nitrogens with zero attached hydrogens (tertiary/aromatic N) is 6. The fourth-order valence-electron chi connectivity index (χ4n) is 5.47. The fourth-order valence-corrected chi connectivity index (χ4v) is 5.71. The third kappa shape index (κ3) is 5.43. The summed E-state index contributed by atoms with van der Waals surface area (Å²) in [6.45, 7) is 3.52. The van der Waals surface area contributed by atoms with Gasteiger partial charge in [-0.2, -0.15) is 10.1 Å². The lowest BCUT2D eigenvalue weighted by Crippen LogP contribution is -2.38. The Morgan fingerprint density at radius 2 is 2.05 bits per heavy atom. The number of halogens is 2. The van der Waals surface area contributed by atoms with Crippen LogP contribution in [0.4, 0.5) is 10.2 Å². The lowest BCUT2D eigenvalue weighted by molar-refractivity contribution is -0.0592. The molecule has 0 aliphatic carbocycles. The zero-order chi connectivity index (χ0) is 29.5. The predicted octanol–water partition coefficient (Wildman–Crippen LogP) is 4.49. The van der Waals surface area contributed by atoms with Crippen LogP contribution in [0.2, 0.25) is 5.02 Å². The number of benzene rings is 2. The van der Waals surface area contributed by atoms with Crippen LogP contribution in [0.15, 0.2) is 47.6 Å². The van der Waals surface area contributed by atoms with Crippen molar-refractivity contribution in [1.29, 1.82) is 0 Å². The van der Waals surface area contributed by atoms with Gasteiger partial charge in [0.1, 0.15) is 35.9 Å². The monoisotopic (exact) mass is 606 g/mol. The molecule has 13 heteroatoms. The van der Waals surface area contributed by atoms with Gasteiger partial charge < -0.3 is 28.8 Å². The number of carbonyl (C=O) groups is 1. The van der Waals surface area contributed by atoms with E-state index in [9.17, 15) is 14.3 Å². The van der Waals surface area contributed by atoms with Gasteiger partial charge in [-0.3, -0.25) is 5.01 Å². The molecule has 1 saturated heterocycles. The molecule has 43 heavy (non-hydrogen) atoms. The largest absolute Gasteiger partial charge is 0.492 e. The van der Waals surface area contributed by atoms with Crippen LogP contribution in [0, 0.1) is 5.82 Å². The summed E-state index contributed by atoms with van der Waals surface area (Å²) in [5.41, 5.74) is 2.39. The molecule has 11 nitrogen and oxygen atoms in total. The summed E-state index contributed by atoms with van der Waals surface area (Å²) >= 11 is 6.30. The molecule has 1 unspecified atom stereocenters. The van der Waals surface area contributed by atoms with Gasteiger partial charge in [0.25, 0.3) is 0 Å². The van der Waals surface area contributed by atoms with Gasteiger partial charge in [-0.1, -0.05) is 23.7 Å². The Morgan fingerprint density at radius 3 is 2.81 bits per heavy atom. The SMILES string of the molecule is O=C(O)c1cc(F)c2nc(CN3CCN(c4cccc(OCc5ccc(Cl)c6c5OCC6)n4)C=N3)n(CC3CCO3)c2c1. The highest BCUT2D eigenvalue weighted by Crippen LogP contribution is 2.35. The summed E-state index contributed by atoms with van der Waals surface area (Å²) < 4.78 is 34.1. The van der Waals surface area contributed by atoms with E-state index < -0.39 is 11.8 Å². The smallest absolute Gasteiger partial charge is 0.335 e. The second kappa shape index (κ2) is 11.3. The summed E-state index contributed by atoms with van der Waals surface area (Å²) in [6.07, 6.45) is 3.33. The zero-order valence-corrected chi connectivity index (χ0v) is 23.8. The van der Waals surface area contributed by atoms with Crippen molar-refractivity contribution < 1.29 is 28.5 Å². The topological polar surface area (TPSA) is 115 Å². The van der Waals surface area contributed by atoms with E-state index in [1.54, 1.807) is 12.4 Å². The third-order valence-electron chi connectivity index (χ3n) is 7.85. The molecule has 1 atom stereocenters. The molecule has 7 rings (SSSR count). The van der Waals surface area contributed by atoms with E-state index >= 15 is 0 Å². The molecule has 2 aromatic heterocycles. The molecule has 222 valence electrons. The second-order valence-corrected chi connectivity index (χ2v) is 11.0. The Hall–Kier alpha value is -4.42. The Morgan fingerprint density at radius 1 is 1.16 bits per heavy atom. The van der Waals surface area contributed by atoms with Crippen LogP contribution in [0.3, 0.4) is 0 Å². The molecule has 1 N–H and O–H groups in total. The quantitative estimate of drug-likeness (QED) is 0.294. The number of aromatic carboxylic acids is 1. The summed E-state index contributed by atoms with van der Waals surface area (Å²) in [4.78, 5) is 22.7. The maximum absolute atomic E-state index is 14.9. The molecular formula is C30H28ClFN6O5. The lowest BCUT2D eigenvalue weighted by atomic mass is 10.1.